The molecule has 0 spiro atoms. The van der Waals surface area contributed by atoms with Crippen LogP contribution >= 0.6 is 50.3 Å². The molecule has 0 amide bonds. The Bertz CT molecular complexity index is 335. The number of halogens is 2. The van der Waals surface area contributed by atoms with Gasteiger partial charge in [0, 0.05) is 14.2 Å². The maximum Gasteiger partial charge on any atom is 0.388 e. The standard InChI is InChI=1S/C8H16BI2O6P/c1-8(4-15-18(11,12)14-3)6(17-10)5(13-2)7(9)16-8/h5-7H,4,9H2,1-3H3/t5-,6?,7+,8+,18?/m0/s1. The fourth-order valence-corrected chi connectivity index (χ4v) is 3.75. The van der Waals surface area contributed by atoms with Gasteiger partial charge in [0.2, 0.25) is 0 Å². The Morgan fingerprint density at radius 2 is 2.11 bits per heavy atom. The lowest BCUT2D eigenvalue weighted by Crippen LogP contribution is -2.45. The lowest BCUT2D eigenvalue weighted by Gasteiger charge is -2.30. The lowest BCUT2D eigenvalue weighted by molar-refractivity contribution is -0.0638. The molecule has 18 heavy (non-hydrogen) atoms. The maximum absolute atomic E-state index is 11.7. The first-order valence-electron chi connectivity index (χ1n) is 5.27. The normalized spacial score (nSPS) is 39.7. The molecule has 0 saturated carbocycles. The van der Waals surface area contributed by atoms with E-state index in [1.54, 1.807) is 29.2 Å². The van der Waals surface area contributed by atoms with Crippen LogP contribution in [-0.4, -0.2) is 52.5 Å². The van der Waals surface area contributed by atoms with Crippen LogP contribution < -0.4 is 0 Å². The predicted molar refractivity (Wildman–Crippen MR) is 86.1 cm³/mol. The van der Waals surface area contributed by atoms with Crippen LogP contribution in [0.15, 0.2) is 0 Å². The van der Waals surface area contributed by atoms with Gasteiger partial charge < -0.3 is 17.1 Å². The number of ether oxygens (including phenoxy) is 2. The number of rotatable bonds is 6. The van der Waals surface area contributed by atoms with Gasteiger partial charge in [0.15, 0.2) is 0 Å². The van der Waals surface area contributed by atoms with Crippen LogP contribution in [0, 0.1) is 0 Å². The summed E-state index contributed by atoms with van der Waals surface area (Å²) in [6.07, 6.45) is -0.488. The molecule has 0 aromatic rings. The summed E-state index contributed by atoms with van der Waals surface area (Å²) < 4.78 is 38.4. The first kappa shape index (κ1) is 17.6. The second kappa shape index (κ2) is 7.01. The van der Waals surface area contributed by atoms with Crippen LogP contribution in [0.4, 0.5) is 0 Å². The van der Waals surface area contributed by atoms with Gasteiger partial charge in [0.05, 0.1) is 34.7 Å². The van der Waals surface area contributed by atoms with E-state index in [-0.39, 0.29) is 24.8 Å². The van der Waals surface area contributed by atoms with Crippen molar-refractivity contribution in [2.75, 3.05) is 20.8 Å². The Morgan fingerprint density at radius 1 is 1.50 bits per heavy atom. The molecule has 0 bridgehead atoms. The molecule has 106 valence electrons. The van der Waals surface area contributed by atoms with E-state index in [0.717, 1.165) is 0 Å². The minimum absolute atomic E-state index is 0.110. The summed E-state index contributed by atoms with van der Waals surface area (Å²) in [6.45, 7) is 1.96. The van der Waals surface area contributed by atoms with Crippen molar-refractivity contribution in [3.05, 3.63) is 0 Å². The first-order valence-corrected chi connectivity index (χ1v) is 10.5. The molecule has 0 aromatic carbocycles. The fourth-order valence-electron chi connectivity index (χ4n) is 1.99. The molecule has 1 fully saturated rings. The van der Waals surface area contributed by atoms with Crippen LogP contribution in [0.25, 0.3) is 0 Å². The van der Waals surface area contributed by atoms with E-state index in [1.807, 2.05) is 37.8 Å². The summed E-state index contributed by atoms with van der Waals surface area (Å²) in [5.41, 5.74) is -0.722. The molecule has 1 aliphatic rings. The van der Waals surface area contributed by atoms with Crippen molar-refractivity contribution in [1.82, 2.24) is 0 Å². The molecule has 0 aromatic heterocycles. The van der Waals surface area contributed by atoms with Crippen molar-refractivity contribution < 1.29 is 26.2 Å². The van der Waals surface area contributed by atoms with Crippen molar-refractivity contribution in [2.45, 2.75) is 30.7 Å². The van der Waals surface area contributed by atoms with E-state index in [1.165, 1.54) is 7.11 Å². The summed E-state index contributed by atoms with van der Waals surface area (Å²) in [5.74, 6) is 0. The van der Waals surface area contributed by atoms with Crippen molar-refractivity contribution in [2.24, 2.45) is 0 Å². The number of hydrogen-bond donors (Lipinski definition) is 0. The Morgan fingerprint density at radius 3 is 2.56 bits per heavy atom. The van der Waals surface area contributed by atoms with Crippen molar-refractivity contribution in [3.63, 3.8) is 0 Å². The highest BCUT2D eigenvalue weighted by molar-refractivity contribution is 14.2. The van der Waals surface area contributed by atoms with Gasteiger partial charge in [-0.3, -0.25) is 4.52 Å². The third kappa shape index (κ3) is 4.03. The monoisotopic (exact) mass is 504 g/mol. The van der Waals surface area contributed by atoms with Crippen molar-refractivity contribution in [3.8, 4) is 0 Å². The van der Waals surface area contributed by atoms with E-state index in [2.05, 4.69) is 0 Å². The molecule has 10 heteroatoms. The highest BCUT2D eigenvalue weighted by Gasteiger charge is 2.52. The van der Waals surface area contributed by atoms with E-state index >= 15 is 0 Å². The Balaban J connectivity index is 2.76. The zero-order valence-corrected chi connectivity index (χ0v) is 15.8. The summed E-state index contributed by atoms with van der Waals surface area (Å²) in [6, 6.07) is -0.125. The maximum atomic E-state index is 11.7. The molecule has 5 atom stereocenters. The zero-order chi connectivity index (χ0) is 14.0. The van der Waals surface area contributed by atoms with E-state index in [9.17, 15) is 4.57 Å². The van der Waals surface area contributed by atoms with Crippen LogP contribution in [0.2, 0.25) is 0 Å². The first-order chi connectivity index (χ1) is 8.29. The highest BCUT2D eigenvalue weighted by Crippen LogP contribution is 2.57. The molecule has 6 nitrogen and oxygen atoms in total. The summed E-state index contributed by atoms with van der Waals surface area (Å²) in [7, 11) is 4.86. The second-order valence-corrected chi connectivity index (χ2v) is 9.77. The third-order valence-electron chi connectivity index (χ3n) is 2.91. The van der Waals surface area contributed by atoms with Gasteiger partial charge in [-0.05, 0) is 6.92 Å². The minimum atomic E-state index is -3.06. The average molecular weight is 504 g/mol. The van der Waals surface area contributed by atoms with Gasteiger partial charge >= 0.3 is 5.24 Å². The van der Waals surface area contributed by atoms with Gasteiger partial charge in [0.1, 0.15) is 48.7 Å². The van der Waals surface area contributed by atoms with E-state index in [4.69, 9.17) is 21.6 Å². The summed E-state index contributed by atoms with van der Waals surface area (Å²) >= 11 is 3.47. The molecule has 1 aliphatic heterocycles. The highest BCUT2D eigenvalue weighted by atomic mass is 127. The van der Waals surface area contributed by atoms with Crippen molar-refractivity contribution >= 4 is 58.1 Å². The quantitative estimate of drug-likeness (QED) is 0.312. The Kier molecular flexibility index (Phi) is 6.86. The third-order valence-corrected chi connectivity index (χ3v) is 6.35. The van der Waals surface area contributed by atoms with Gasteiger partial charge in [-0.2, -0.15) is 0 Å². The SMILES string of the molecule is B[C@@H]1O[C@](C)(COP(=O)(I)OC)C(OI)[C@@H]1OC. The molecule has 2 unspecified atom stereocenters. The molecule has 0 aliphatic carbocycles. The average Bonchev–Trinajstić information content (AvgIpc) is 2.57. The number of hydrogen-bond acceptors (Lipinski definition) is 6. The van der Waals surface area contributed by atoms with Gasteiger partial charge in [-0.15, -0.1) is 0 Å². The fraction of sp³-hybridized carbons (Fsp3) is 1.00. The summed E-state index contributed by atoms with van der Waals surface area (Å²) in [5, 5.41) is -3.06. The number of methoxy groups -OCH3 is 1. The van der Waals surface area contributed by atoms with Crippen LogP contribution in [0.3, 0.4) is 0 Å². The minimum Gasteiger partial charge on any atom is -0.377 e. The van der Waals surface area contributed by atoms with E-state index < -0.39 is 10.8 Å². The van der Waals surface area contributed by atoms with E-state index in [0.29, 0.717) is 0 Å². The second-order valence-electron chi connectivity index (χ2n) is 4.23. The van der Waals surface area contributed by atoms with Crippen molar-refractivity contribution in [1.29, 1.82) is 0 Å². The summed E-state index contributed by atoms with van der Waals surface area (Å²) in [4.78, 5) is 0. The Labute approximate surface area is 135 Å². The zero-order valence-electron chi connectivity index (χ0n) is 10.6. The molecule has 1 saturated heterocycles. The topological polar surface area (TPSA) is 63.2 Å². The molecule has 0 N–H and O–H groups in total. The van der Waals surface area contributed by atoms with Gasteiger partial charge in [-0.25, -0.2) is 4.57 Å². The van der Waals surface area contributed by atoms with Crippen LogP contribution in [-0.2, 0) is 26.2 Å². The van der Waals surface area contributed by atoms with Gasteiger partial charge in [0.25, 0.3) is 0 Å². The molecular weight excluding hydrogens is 488 g/mol. The molecule has 1 heterocycles. The molecule has 1 rings (SSSR count). The molecular formula is C8H16BI2O6P. The van der Waals surface area contributed by atoms with Crippen LogP contribution in [0.1, 0.15) is 6.92 Å². The predicted octanol–water partition coefficient (Wildman–Crippen LogP) is 1.69. The Hall–Kier alpha value is 1.55. The van der Waals surface area contributed by atoms with Crippen LogP contribution in [0.5, 0.6) is 0 Å². The smallest absolute Gasteiger partial charge is 0.377 e. The largest absolute Gasteiger partial charge is 0.388 e. The van der Waals surface area contributed by atoms with Gasteiger partial charge in [-0.1, -0.05) is 0 Å². The molecule has 0 radical (unpaired) electrons. The lowest BCUT2D eigenvalue weighted by atomic mass is 9.90.